The van der Waals surface area contributed by atoms with E-state index in [-0.39, 0.29) is 11.2 Å². The molecule has 1 heterocycles. The van der Waals surface area contributed by atoms with Gasteiger partial charge in [-0.05, 0) is 26.0 Å². The van der Waals surface area contributed by atoms with Crippen LogP contribution in [0, 0.1) is 10.1 Å². The highest BCUT2D eigenvalue weighted by molar-refractivity contribution is 5.93. The molecule has 0 atom stereocenters. The van der Waals surface area contributed by atoms with Gasteiger partial charge in [0.05, 0.1) is 17.1 Å². The van der Waals surface area contributed by atoms with E-state index < -0.39 is 16.6 Å². The van der Waals surface area contributed by atoms with Gasteiger partial charge in [0.25, 0.3) is 5.69 Å². The Balaban J connectivity index is 2.36. The fourth-order valence-electron chi connectivity index (χ4n) is 2.29. The maximum absolute atomic E-state index is 11.1. The Kier molecular flexibility index (Phi) is 3.63. The fourth-order valence-corrected chi connectivity index (χ4v) is 2.29. The summed E-state index contributed by atoms with van der Waals surface area (Å²) in [7, 11) is 0. The molecule has 2 rings (SSSR count). The molecule has 0 radical (unpaired) electrons. The number of morpholine rings is 1. The minimum atomic E-state index is -1.30. The van der Waals surface area contributed by atoms with E-state index in [1.54, 1.807) is 6.07 Å². The lowest BCUT2D eigenvalue weighted by Gasteiger charge is -2.39. The molecule has 0 aliphatic carbocycles. The monoisotopic (exact) mass is 280 g/mol. The van der Waals surface area contributed by atoms with Gasteiger partial charge in [-0.25, -0.2) is 4.79 Å². The Bertz CT molecular complexity index is 556. The second-order valence-electron chi connectivity index (χ2n) is 5.29. The number of benzene rings is 1. The van der Waals surface area contributed by atoms with E-state index >= 15 is 0 Å². The van der Waals surface area contributed by atoms with Crippen LogP contribution in [0.4, 0.5) is 11.4 Å². The molecule has 108 valence electrons. The van der Waals surface area contributed by atoms with Gasteiger partial charge in [-0.15, -0.1) is 0 Å². The fraction of sp³-hybridized carbons (Fsp3) is 0.462. The second-order valence-corrected chi connectivity index (χ2v) is 5.29. The zero-order valence-electron chi connectivity index (χ0n) is 11.3. The van der Waals surface area contributed by atoms with Crippen LogP contribution in [0.3, 0.4) is 0 Å². The van der Waals surface area contributed by atoms with Gasteiger partial charge in [-0.2, -0.15) is 0 Å². The van der Waals surface area contributed by atoms with Crippen molar-refractivity contribution in [2.24, 2.45) is 0 Å². The van der Waals surface area contributed by atoms with E-state index in [2.05, 4.69) is 0 Å². The van der Waals surface area contributed by atoms with Crippen molar-refractivity contribution in [3.05, 3.63) is 33.9 Å². The lowest BCUT2D eigenvalue weighted by molar-refractivity contribution is -0.385. The minimum Gasteiger partial charge on any atom is -0.477 e. The Morgan fingerprint density at radius 3 is 2.75 bits per heavy atom. The van der Waals surface area contributed by atoms with Gasteiger partial charge in [0.1, 0.15) is 5.56 Å². The van der Waals surface area contributed by atoms with Gasteiger partial charge >= 0.3 is 5.97 Å². The van der Waals surface area contributed by atoms with Gasteiger partial charge in [0.15, 0.2) is 0 Å². The molecule has 0 saturated carbocycles. The number of carboxylic acid groups (broad SMARTS) is 1. The summed E-state index contributed by atoms with van der Waals surface area (Å²) in [4.78, 5) is 23.3. The van der Waals surface area contributed by atoms with Crippen LogP contribution in [0.5, 0.6) is 0 Å². The van der Waals surface area contributed by atoms with Crippen molar-refractivity contribution in [3.8, 4) is 0 Å². The number of ether oxygens (including phenoxy) is 1. The molecule has 1 aromatic carbocycles. The SMILES string of the molecule is CC1(C)CN(c2ccc([N+](=O)[O-])c(C(=O)O)c2)CCO1. The first kappa shape index (κ1) is 14.3. The van der Waals surface area contributed by atoms with Crippen molar-refractivity contribution in [1.29, 1.82) is 0 Å². The summed E-state index contributed by atoms with van der Waals surface area (Å²) in [5.41, 5.74) is -0.362. The predicted molar refractivity (Wildman–Crippen MR) is 72.3 cm³/mol. The molecule has 1 saturated heterocycles. The minimum absolute atomic E-state index is 0.295. The molecule has 0 unspecified atom stereocenters. The number of anilines is 1. The highest BCUT2D eigenvalue weighted by atomic mass is 16.6. The highest BCUT2D eigenvalue weighted by Gasteiger charge is 2.29. The molecule has 1 fully saturated rings. The molecule has 0 aromatic heterocycles. The van der Waals surface area contributed by atoms with Crippen LogP contribution in [0.15, 0.2) is 18.2 Å². The number of nitro groups is 1. The van der Waals surface area contributed by atoms with Crippen molar-refractivity contribution in [2.45, 2.75) is 19.4 Å². The number of hydrogen-bond donors (Lipinski definition) is 1. The zero-order valence-corrected chi connectivity index (χ0v) is 11.3. The van der Waals surface area contributed by atoms with Crippen LogP contribution in [0.25, 0.3) is 0 Å². The van der Waals surface area contributed by atoms with Gasteiger partial charge in [-0.3, -0.25) is 10.1 Å². The first-order chi connectivity index (χ1) is 9.30. The molecule has 7 heteroatoms. The lowest BCUT2D eigenvalue weighted by Crippen LogP contribution is -2.48. The molecule has 20 heavy (non-hydrogen) atoms. The maximum atomic E-state index is 11.1. The van der Waals surface area contributed by atoms with Crippen molar-refractivity contribution in [2.75, 3.05) is 24.6 Å². The summed E-state index contributed by atoms with van der Waals surface area (Å²) in [6.45, 7) is 5.65. The van der Waals surface area contributed by atoms with E-state index in [9.17, 15) is 14.9 Å². The Labute approximate surface area is 115 Å². The smallest absolute Gasteiger partial charge is 0.342 e. The molecule has 0 amide bonds. The van der Waals surface area contributed by atoms with Crippen LogP contribution >= 0.6 is 0 Å². The van der Waals surface area contributed by atoms with Crippen molar-refractivity contribution < 1.29 is 19.6 Å². The summed E-state index contributed by atoms with van der Waals surface area (Å²) in [5, 5.41) is 19.9. The molecule has 1 aliphatic rings. The van der Waals surface area contributed by atoms with E-state index in [1.807, 2.05) is 18.7 Å². The summed E-state index contributed by atoms with van der Waals surface area (Å²) in [6.07, 6.45) is 0. The standard InChI is InChI=1S/C13H16N2O5/c1-13(2)8-14(5-6-20-13)9-3-4-11(15(18)19)10(7-9)12(16)17/h3-4,7H,5-6,8H2,1-2H3,(H,16,17). The first-order valence-electron chi connectivity index (χ1n) is 6.21. The number of nitro benzene ring substituents is 1. The average molecular weight is 280 g/mol. The van der Waals surface area contributed by atoms with Gasteiger partial charge in [-0.1, -0.05) is 0 Å². The largest absolute Gasteiger partial charge is 0.477 e. The third-order valence-corrected chi connectivity index (χ3v) is 3.20. The van der Waals surface area contributed by atoms with E-state index in [4.69, 9.17) is 9.84 Å². The van der Waals surface area contributed by atoms with Crippen LogP contribution in [0.1, 0.15) is 24.2 Å². The maximum Gasteiger partial charge on any atom is 0.342 e. The molecule has 1 N–H and O–H groups in total. The predicted octanol–water partition coefficient (Wildman–Crippen LogP) is 1.91. The van der Waals surface area contributed by atoms with Crippen LogP contribution in [0.2, 0.25) is 0 Å². The van der Waals surface area contributed by atoms with Crippen molar-refractivity contribution in [3.63, 3.8) is 0 Å². The third kappa shape index (κ3) is 2.88. The topological polar surface area (TPSA) is 92.9 Å². The number of nitrogens with zero attached hydrogens (tertiary/aromatic N) is 2. The molecule has 0 bridgehead atoms. The number of carboxylic acids is 1. The quantitative estimate of drug-likeness (QED) is 0.671. The third-order valence-electron chi connectivity index (χ3n) is 3.20. The van der Waals surface area contributed by atoms with Crippen LogP contribution in [-0.4, -0.2) is 41.3 Å². The molecular formula is C13H16N2O5. The van der Waals surface area contributed by atoms with E-state index in [0.717, 1.165) is 0 Å². The van der Waals surface area contributed by atoms with Crippen LogP contribution < -0.4 is 4.90 Å². The number of rotatable bonds is 3. The summed E-state index contributed by atoms with van der Waals surface area (Å²) in [5.74, 6) is -1.30. The molecule has 1 aromatic rings. The second kappa shape index (κ2) is 5.09. The molecule has 1 aliphatic heterocycles. The van der Waals surface area contributed by atoms with Gasteiger partial charge < -0.3 is 14.7 Å². The normalized spacial score (nSPS) is 17.8. The molecule has 7 nitrogen and oxygen atoms in total. The van der Waals surface area contributed by atoms with Crippen molar-refractivity contribution >= 4 is 17.3 Å². The highest BCUT2D eigenvalue weighted by Crippen LogP contribution is 2.28. The lowest BCUT2D eigenvalue weighted by atomic mass is 10.1. The van der Waals surface area contributed by atoms with E-state index in [0.29, 0.717) is 25.4 Å². The Morgan fingerprint density at radius 2 is 2.20 bits per heavy atom. The van der Waals surface area contributed by atoms with Gasteiger partial charge in [0, 0.05) is 24.8 Å². The number of carbonyl (C=O) groups is 1. The summed E-state index contributed by atoms with van der Waals surface area (Å²) in [6, 6.07) is 4.16. The number of hydrogen-bond acceptors (Lipinski definition) is 5. The molecular weight excluding hydrogens is 264 g/mol. The Hall–Kier alpha value is -2.15. The average Bonchev–Trinajstić information content (AvgIpc) is 2.36. The first-order valence-corrected chi connectivity index (χ1v) is 6.21. The van der Waals surface area contributed by atoms with Gasteiger partial charge in [0.2, 0.25) is 0 Å². The zero-order chi connectivity index (χ0) is 14.9. The Morgan fingerprint density at radius 1 is 1.50 bits per heavy atom. The van der Waals surface area contributed by atoms with Crippen LogP contribution in [-0.2, 0) is 4.74 Å². The van der Waals surface area contributed by atoms with Crippen molar-refractivity contribution in [1.82, 2.24) is 0 Å². The van der Waals surface area contributed by atoms with E-state index in [1.165, 1.54) is 12.1 Å². The molecule has 0 spiro atoms. The summed E-state index contributed by atoms with van der Waals surface area (Å²) < 4.78 is 5.59. The summed E-state index contributed by atoms with van der Waals surface area (Å²) >= 11 is 0. The number of aromatic carboxylic acids is 1.